The molecule has 1 saturated heterocycles. The third-order valence-electron chi connectivity index (χ3n) is 4.16. The maximum atomic E-state index is 13.8. The van der Waals surface area contributed by atoms with E-state index in [0.29, 0.717) is 0 Å². The number of amides is 1. The van der Waals surface area contributed by atoms with E-state index in [0.717, 1.165) is 0 Å². The Morgan fingerprint density at radius 3 is 2.27 bits per heavy atom. The van der Waals surface area contributed by atoms with Crippen LogP contribution in [0.5, 0.6) is 0 Å². The third-order valence-corrected chi connectivity index (χ3v) is 7.04. The number of carbonyl (C=O) groups excluding carboxylic acids is 1. The lowest BCUT2D eigenvalue weighted by Crippen LogP contribution is -2.50. The van der Waals surface area contributed by atoms with E-state index in [1.807, 2.05) is 0 Å². The van der Waals surface area contributed by atoms with Crippen molar-refractivity contribution >= 4 is 39.1 Å². The molecule has 0 aromatic heterocycles. The fourth-order valence-electron chi connectivity index (χ4n) is 2.76. The molecular weight excluding hydrogens is 402 g/mol. The summed E-state index contributed by atoms with van der Waals surface area (Å²) < 4.78 is 40.6. The summed E-state index contributed by atoms with van der Waals surface area (Å²) in [5.41, 5.74) is -0.0262. The van der Waals surface area contributed by atoms with Crippen molar-refractivity contribution in [2.75, 3.05) is 26.2 Å². The molecule has 1 heterocycles. The van der Waals surface area contributed by atoms with Gasteiger partial charge in [-0.05, 0) is 24.3 Å². The smallest absolute Gasteiger partial charge is 0.256 e. The number of rotatable bonds is 3. The minimum absolute atomic E-state index is 0.0262. The van der Waals surface area contributed by atoms with Crippen molar-refractivity contribution in [1.82, 2.24) is 9.21 Å². The van der Waals surface area contributed by atoms with Crippen molar-refractivity contribution in [2.45, 2.75) is 4.90 Å². The van der Waals surface area contributed by atoms with Crippen molar-refractivity contribution in [3.63, 3.8) is 0 Å². The molecule has 3 rings (SSSR count). The second kappa shape index (κ2) is 7.52. The largest absolute Gasteiger partial charge is 0.336 e. The molecule has 0 saturated carbocycles. The van der Waals surface area contributed by atoms with Gasteiger partial charge < -0.3 is 4.90 Å². The molecule has 138 valence electrons. The molecule has 0 atom stereocenters. The van der Waals surface area contributed by atoms with E-state index in [1.54, 1.807) is 6.07 Å². The van der Waals surface area contributed by atoms with Crippen molar-refractivity contribution in [3.8, 4) is 0 Å². The van der Waals surface area contributed by atoms with Gasteiger partial charge in [-0.2, -0.15) is 4.31 Å². The van der Waals surface area contributed by atoms with Gasteiger partial charge in [0, 0.05) is 26.2 Å². The van der Waals surface area contributed by atoms with Crippen LogP contribution in [0, 0.1) is 5.82 Å². The zero-order chi connectivity index (χ0) is 18.9. The van der Waals surface area contributed by atoms with Crippen LogP contribution in [0.3, 0.4) is 0 Å². The lowest BCUT2D eigenvalue weighted by Gasteiger charge is -2.34. The highest BCUT2D eigenvalue weighted by Gasteiger charge is 2.32. The summed E-state index contributed by atoms with van der Waals surface area (Å²) in [6, 6.07) is 10.1. The Hall–Kier alpha value is -1.67. The summed E-state index contributed by atoms with van der Waals surface area (Å²) in [6.45, 7) is 0.492. The zero-order valence-electron chi connectivity index (χ0n) is 13.5. The van der Waals surface area contributed by atoms with Gasteiger partial charge in [0.2, 0.25) is 10.0 Å². The average Bonchev–Trinajstić information content (AvgIpc) is 2.64. The van der Waals surface area contributed by atoms with Crippen LogP contribution in [0.4, 0.5) is 4.39 Å². The number of hydrogen-bond donors (Lipinski definition) is 0. The van der Waals surface area contributed by atoms with Gasteiger partial charge in [0.1, 0.15) is 10.7 Å². The molecule has 1 aliphatic rings. The van der Waals surface area contributed by atoms with Crippen LogP contribution in [0.25, 0.3) is 0 Å². The van der Waals surface area contributed by atoms with Gasteiger partial charge in [0.15, 0.2) is 0 Å². The number of benzene rings is 2. The second-order valence-electron chi connectivity index (χ2n) is 5.73. The predicted molar refractivity (Wildman–Crippen MR) is 97.5 cm³/mol. The monoisotopic (exact) mass is 416 g/mol. The lowest BCUT2D eigenvalue weighted by atomic mass is 10.1. The van der Waals surface area contributed by atoms with E-state index < -0.39 is 21.7 Å². The first-order chi connectivity index (χ1) is 12.3. The molecule has 0 radical (unpaired) electrons. The summed E-state index contributed by atoms with van der Waals surface area (Å²) in [5.74, 6) is -1.06. The molecule has 0 aliphatic carbocycles. The molecule has 26 heavy (non-hydrogen) atoms. The fourth-order valence-corrected chi connectivity index (χ4v) is 4.92. The molecule has 0 unspecified atom stereocenters. The van der Waals surface area contributed by atoms with Crippen molar-refractivity contribution in [1.29, 1.82) is 0 Å². The van der Waals surface area contributed by atoms with Crippen LogP contribution in [-0.4, -0.2) is 49.7 Å². The van der Waals surface area contributed by atoms with E-state index >= 15 is 0 Å². The molecule has 0 N–H and O–H groups in total. The van der Waals surface area contributed by atoms with Crippen LogP contribution in [0.15, 0.2) is 47.4 Å². The molecular formula is C17H15Cl2FN2O3S. The first-order valence-corrected chi connectivity index (χ1v) is 10.00. The topological polar surface area (TPSA) is 57.7 Å². The van der Waals surface area contributed by atoms with Crippen LogP contribution in [0.2, 0.25) is 10.0 Å². The van der Waals surface area contributed by atoms with Crippen molar-refractivity contribution in [3.05, 3.63) is 63.9 Å². The highest BCUT2D eigenvalue weighted by Crippen LogP contribution is 2.31. The number of hydrogen-bond acceptors (Lipinski definition) is 3. The Morgan fingerprint density at radius 2 is 1.62 bits per heavy atom. The molecule has 0 spiro atoms. The Kier molecular flexibility index (Phi) is 5.53. The minimum Gasteiger partial charge on any atom is -0.336 e. The van der Waals surface area contributed by atoms with E-state index in [4.69, 9.17) is 23.2 Å². The Morgan fingerprint density at radius 1 is 0.962 bits per heavy atom. The second-order valence-corrected chi connectivity index (χ2v) is 8.42. The standard InChI is InChI=1S/C17H15Cl2FN2O3S/c18-13-5-3-7-15(16(13)19)26(24,25)22-10-8-21(9-11-22)17(23)12-4-1-2-6-14(12)20/h1-7H,8-11H2. The maximum absolute atomic E-state index is 13.8. The molecule has 1 amide bonds. The molecule has 2 aromatic rings. The highest BCUT2D eigenvalue weighted by molar-refractivity contribution is 7.89. The highest BCUT2D eigenvalue weighted by atomic mass is 35.5. The molecule has 1 aliphatic heterocycles. The van der Waals surface area contributed by atoms with Gasteiger partial charge >= 0.3 is 0 Å². The number of carbonyl (C=O) groups is 1. The number of nitrogens with zero attached hydrogens (tertiary/aromatic N) is 2. The summed E-state index contributed by atoms with van der Waals surface area (Å²) in [5, 5.41) is 0.125. The van der Waals surface area contributed by atoms with Gasteiger partial charge in [-0.15, -0.1) is 0 Å². The number of piperazine rings is 1. The van der Waals surface area contributed by atoms with Crippen LogP contribution in [-0.2, 0) is 10.0 Å². The molecule has 5 nitrogen and oxygen atoms in total. The SMILES string of the molecule is O=C(c1ccccc1F)N1CCN(S(=O)(=O)c2cccc(Cl)c2Cl)CC1. The Bertz CT molecular complexity index is 945. The average molecular weight is 417 g/mol. The molecule has 0 bridgehead atoms. The maximum Gasteiger partial charge on any atom is 0.256 e. The summed E-state index contributed by atoms with van der Waals surface area (Å²) in [7, 11) is -3.83. The Balaban J connectivity index is 1.75. The number of halogens is 3. The normalized spacial score (nSPS) is 15.9. The molecule has 2 aromatic carbocycles. The summed E-state index contributed by atoms with van der Waals surface area (Å²) >= 11 is 11.9. The summed E-state index contributed by atoms with van der Waals surface area (Å²) in [6.07, 6.45) is 0. The van der Waals surface area contributed by atoms with Crippen LogP contribution in [0.1, 0.15) is 10.4 Å². The van der Waals surface area contributed by atoms with E-state index in [2.05, 4.69) is 0 Å². The minimum atomic E-state index is -3.83. The van der Waals surface area contributed by atoms with Gasteiger partial charge in [-0.25, -0.2) is 12.8 Å². The van der Waals surface area contributed by atoms with E-state index in [-0.39, 0.29) is 46.7 Å². The van der Waals surface area contributed by atoms with E-state index in [1.165, 1.54) is 45.6 Å². The van der Waals surface area contributed by atoms with Crippen molar-refractivity contribution < 1.29 is 17.6 Å². The predicted octanol–water partition coefficient (Wildman–Crippen LogP) is 3.28. The summed E-state index contributed by atoms with van der Waals surface area (Å²) in [4.78, 5) is 13.8. The quantitative estimate of drug-likeness (QED) is 0.771. The van der Waals surface area contributed by atoms with Crippen LogP contribution < -0.4 is 0 Å². The first kappa shape index (κ1) is 19.1. The van der Waals surface area contributed by atoms with Gasteiger partial charge in [-0.3, -0.25) is 4.79 Å². The number of sulfonamides is 1. The lowest BCUT2D eigenvalue weighted by molar-refractivity contribution is 0.0693. The first-order valence-electron chi connectivity index (χ1n) is 7.80. The third kappa shape index (κ3) is 3.57. The molecule has 1 fully saturated rings. The van der Waals surface area contributed by atoms with Gasteiger partial charge in [-0.1, -0.05) is 41.4 Å². The molecule has 9 heteroatoms. The Labute approximate surface area is 161 Å². The van der Waals surface area contributed by atoms with Crippen LogP contribution >= 0.6 is 23.2 Å². The fraction of sp³-hybridized carbons (Fsp3) is 0.235. The van der Waals surface area contributed by atoms with E-state index in [9.17, 15) is 17.6 Å². The van der Waals surface area contributed by atoms with Gasteiger partial charge in [0.05, 0.1) is 15.6 Å². The van der Waals surface area contributed by atoms with Gasteiger partial charge in [0.25, 0.3) is 5.91 Å². The van der Waals surface area contributed by atoms with Crippen molar-refractivity contribution in [2.24, 2.45) is 0 Å². The zero-order valence-corrected chi connectivity index (χ0v) is 15.9.